The van der Waals surface area contributed by atoms with Crippen molar-refractivity contribution >= 4 is 24.8 Å². The molecule has 0 radical (unpaired) electrons. The fourth-order valence-corrected chi connectivity index (χ4v) is 1.94. The maximum atomic E-state index is 8.73. The molecule has 2 heterocycles. The molecule has 1 aromatic heterocycles. The molecule has 0 N–H and O–H groups in total. The minimum Gasteiger partial charge on any atom is -0.490 e. The Hall–Kier alpha value is -1.02. The molecule has 0 saturated carbocycles. The molecule has 4 nitrogen and oxygen atoms in total. The maximum absolute atomic E-state index is 8.73. The van der Waals surface area contributed by atoms with E-state index in [2.05, 4.69) is 23.0 Å². The summed E-state index contributed by atoms with van der Waals surface area (Å²) in [7, 11) is 2.12. The molecular formula is C12H17Cl2N3O. The molecule has 1 atom stereocenters. The molecule has 0 unspecified atom stereocenters. The van der Waals surface area contributed by atoms with Crippen LogP contribution >= 0.6 is 24.8 Å². The molecule has 1 aliphatic rings. The number of hydrogen-bond acceptors (Lipinski definition) is 4. The fourth-order valence-electron chi connectivity index (χ4n) is 1.94. The van der Waals surface area contributed by atoms with E-state index in [9.17, 15) is 0 Å². The Morgan fingerprint density at radius 2 is 2.28 bits per heavy atom. The molecule has 1 aliphatic heterocycles. The first-order chi connectivity index (χ1) is 7.79. The number of pyridine rings is 1. The summed E-state index contributed by atoms with van der Waals surface area (Å²) in [4.78, 5) is 6.27. The molecular weight excluding hydrogens is 273 g/mol. The smallest absolute Gasteiger partial charge is 0.138 e. The monoisotopic (exact) mass is 289 g/mol. The van der Waals surface area contributed by atoms with Crippen LogP contribution in [0.5, 0.6) is 5.75 Å². The third-order valence-corrected chi connectivity index (χ3v) is 2.96. The Balaban J connectivity index is 0.00000144. The van der Waals surface area contributed by atoms with Gasteiger partial charge in [-0.1, -0.05) is 0 Å². The molecule has 0 amide bonds. The molecule has 2 rings (SSSR count). The summed E-state index contributed by atoms with van der Waals surface area (Å²) >= 11 is 0. The number of rotatable bonds is 3. The van der Waals surface area contributed by atoms with E-state index in [1.54, 1.807) is 12.3 Å². The van der Waals surface area contributed by atoms with Crippen molar-refractivity contribution in [1.82, 2.24) is 9.88 Å². The summed E-state index contributed by atoms with van der Waals surface area (Å²) in [6.07, 6.45) is 5.60. The SMILES string of the molecule is CN1CCC[C@H]1COc1cncc(C#N)c1.Cl.Cl. The third-order valence-electron chi connectivity index (χ3n) is 2.96. The number of likely N-dealkylation sites (tertiary alicyclic amines) is 1. The second-order valence-corrected chi connectivity index (χ2v) is 4.11. The summed E-state index contributed by atoms with van der Waals surface area (Å²) in [6.45, 7) is 1.82. The predicted octanol–water partition coefficient (Wildman–Crippen LogP) is 2.27. The van der Waals surface area contributed by atoms with E-state index >= 15 is 0 Å². The first kappa shape index (κ1) is 17.0. The van der Waals surface area contributed by atoms with Gasteiger partial charge in [-0.05, 0) is 26.4 Å². The highest BCUT2D eigenvalue weighted by atomic mass is 35.5. The van der Waals surface area contributed by atoms with Gasteiger partial charge in [0.25, 0.3) is 0 Å². The van der Waals surface area contributed by atoms with Crippen molar-refractivity contribution in [3.63, 3.8) is 0 Å². The molecule has 100 valence electrons. The van der Waals surface area contributed by atoms with Crippen molar-refractivity contribution in [3.8, 4) is 11.8 Å². The lowest BCUT2D eigenvalue weighted by atomic mass is 10.2. The molecule has 1 fully saturated rings. The second kappa shape index (κ2) is 8.15. The van der Waals surface area contributed by atoms with Gasteiger partial charge in [0.2, 0.25) is 0 Å². The summed E-state index contributed by atoms with van der Waals surface area (Å²) in [5.41, 5.74) is 0.539. The van der Waals surface area contributed by atoms with Crippen LogP contribution in [0.4, 0.5) is 0 Å². The fraction of sp³-hybridized carbons (Fsp3) is 0.500. The van der Waals surface area contributed by atoms with E-state index in [-0.39, 0.29) is 24.8 Å². The number of ether oxygens (including phenoxy) is 1. The zero-order valence-electron chi connectivity index (χ0n) is 10.2. The van der Waals surface area contributed by atoms with Crippen LogP contribution in [0.3, 0.4) is 0 Å². The van der Waals surface area contributed by atoms with Gasteiger partial charge in [0.05, 0.1) is 11.8 Å². The summed E-state index contributed by atoms with van der Waals surface area (Å²) in [6, 6.07) is 4.27. The summed E-state index contributed by atoms with van der Waals surface area (Å²) in [5, 5.41) is 8.73. The van der Waals surface area contributed by atoms with E-state index < -0.39 is 0 Å². The lowest BCUT2D eigenvalue weighted by molar-refractivity contribution is 0.198. The van der Waals surface area contributed by atoms with Crippen LogP contribution in [-0.4, -0.2) is 36.1 Å². The van der Waals surface area contributed by atoms with Crippen molar-refractivity contribution in [2.75, 3.05) is 20.2 Å². The van der Waals surface area contributed by atoms with Gasteiger partial charge in [-0.15, -0.1) is 24.8 Å². The van der Waals surface area contributed by atoms with Crippen molar-refractivity contribution in [2.45, 2.75) is 18.9 Å². The van der Waals surface area contributed by atoms with Crippen molar-refractivity contribution in [1.29, 1.82) is 5.26 Å². The quantitative estimate of drug-likeness (QED) is 0.857. The van der Waals surface area contributed by atoms with Crippen molar-refractivity contribution in [3.05, 3.63) is 24.0 Å². The standard InChI is InChI=1S/C12H15N3O.2ClH/c1-15-4-2-3-11(15)9-16-12-5-10(6-13)7-14-8-12;;/h5,7-8,11H,2-4,9H2,1H3;2*1H/t11-;;/m0../s1. The second-order valence-electron chi connectivity index (χ2n) is 4.11. The van der Waals surface area contributed by atoms with Crippen molar-refractivity contribution in [2.24, 2.45) is 0 Å². The third kappa shape index (κ3) is 4.34. The first-order valence-electron chi connectivity index (χ1n) is 5.48. The summed E-state index contributed by atoms with van der Waals surface area (Å²) in [5.74, 6) is 0.680. The number of aromatic nitrogens is 1. The molecule has 18 heavy (non-hydrogen) atoms. The van der Waals surface area contributed by atoms with E-state index in [0.29, 0.717) is 24.0 Å². The minimum absolute atomic E-state index is 0. The zero-order chi connectivity index (χ0) is 11.4. The molecule has 1 saturated heterocycles. The average molecular weight is 290 g/mol. The van der Waals surface area contributed by atoms with Gasteiger partial charge in [-0.3, -0.25) is 4.98 Å². The van der Waals surface area contributed by atoms with Gasteiger partial charge in [0.15, 0.2) is 0 Å². The number of halogens is 2. The predicted molar refractivity (Wildman–Crippen MR) is 74.6 cm³/mol. The molecule has 0 aliphatic carbocycles. The number of likely N-dealkylation sites (N-methyl/N-ethyl adjacent to an activating group) is 1. The largest absolute Gasteiger partial charge is 0.490 e. The van der Waals surface area contributed by atoms with Crippen LogP contribution in [0.15, 0.2) is 18.5 Å². The Kier molecular flexibility index (Phi) is 7.69. The first-order valence-corrected chi connectivity index (χ1v) is 5.48. The molecule has 0 aromatic carbocycles. The van der Waals surface area contributed by atoms with Crippen LogP contribution in [0, 0.1) is 11.3 Å². The Morgan fingerprint density at radius 1 is 1.50 bits per heavy atom. The highest BCUT2D eigenvalue weighted by Crippen LogP contribution is 2.17. The van der Waals surface area contributed by atoms with E-state index in [1.807, 2.05) is 0 Å². The van der Waals surface area contributed by atoms with Gasteiger partial charge in [-0.25, -0.2) is 0 Å². The van der Waals surface area contributed by atoms with E-state index in [0.717, 1.165) is 6.54 Å². The lowest BCUT2D eigenvalue weighted by Gasteiger charge is -2.19. The average Bonchev–Trinajstić information content (AvgIpc) is 2.72. The van der Waals surface area contributed by atoms with Crippen LogP contribution in [0.1, 0.15) is 18.4 Å². The van der Waals surface area contributed by atoms with Gasteiger partial charge >= 0.3 is 0 Å². The van der Waals surface area contributed by atoms with Gasteiger partial charge in [0.1, 0.15) is 18.4 Å². The van der Waals surface area contributed by atoms with Gasteiger partial charge in [-0.2, -0.15) is 5.26 Å². The number of nitrogens with zero attached hydrogens (tertiary/aromatic N) is 3. The summed E-state index contributed by atoms with van der Waals surface area (Å²) < 4.78 is 5.65. The Bertz CT molecular complexity index is 409. The normalized spacial score (nSPS) is 18.3. The molecule has 6 heteroatoms. The number of nitriles is 1. The van der Waals surface area contributed by atoms with Crippen LogP contribution < -0.4 is 4.74 Å². The number of hydrogen-bond donors (Lipinski definition) is 0. The highest BCUT2D eigenvalue weighted by Gasteiger charge is 2.21. The van der Waals surface area contributed by atoms with Crippen molar-refractivity contribution < 1.29 is 4.74 Å². The Labute approximate surface area is 120 Å². The molecule has 1 aromatic rings. The van der Waals surface area contributed by atoms with Gasteiger partial charge in [0, 0.05) is 18.3 Å². The minimum atomic E-state index is 0. The molecule has 0 spiro atoms. The highest BCUT2D eigenvalue weighted by molar-refractivity contribution is 5.85. The lowest BCUT2D eigenvalue weighted by Crippen LogP contribution is -2.30. The van der Waals surface area contributed by atoms with Crippen LogP contribution in [0.2, 0.25) is 0 Å². The zero-order valence-corrected chi connectivity index (χ0v) is 11.8. The van der Waals surface area contributed by atoms with Crippen LogP contribution in [-0.2, 0) is 0 Å². The van der Waals surface area contributed by atoms with E-state index in [1.165, 1.54) is 19.0 Å². The van der Waals surface area contributed by atoms with Crippen LogP contribution in [0.25, 0.3) is 0 Å². The maximum Gasteiger partial charge on any atom is 0.138 e. The van der Waals surface area contributed by atoms with E-state index in [4.69, 9.17) is 10.00 Å². The Morgan fingerprint density at radius 3 is 2.89 bits per heavy atom. The topological polar surface area (TPSA) is 49.1 Å². The molecule has 0 bridgehead atoms. The van der Waals surface area contributed by atoms with Gasteiger partial charge < -0.3 is 9.64 Å².